The van der Waals surface area contributed by atoms with Gasteiger partial charge >= 0.3 is 0 Å². The number of anilines is 2. The normalized spacial score (nSPS) is 10.4. The molecule has 0 saturated carbocycles. The predicted molar refractivity (Wildman–Crippen MR) is 71.8 cm³/mol. The molecule has 1 heterocycles. The first kappa shape index (κ1) is 12.4. The molecule has 0 aliphatic rings. The van der Waals surface area contributed by atoms with E-state index in [1.54, 1.807) is 36.1 Å². The van der Waals surface area contributed by atoms with Crippen LogP contribution in [0.2, 0.25) is 5.02 Å². The number of halogens is 1. The van der Waals surface area contributed by atoms with Crippen LogP contribution in [0.5, 0.6) is 0 Å². The Morgan fingerprint density at radius 3 is 2.83 bits per heavy atom. The minimum atomic E-state index is -0.300. The molecule has 0 fully saturated rings. The number of nitrogen functional groups attached to an aromatic ring is 1. The van der Waals surface area contributed by atoms with E-state index in [2.05, 4.69) is 10.4 Å². The van der Waals surface area contributed by atoms with Crippen molar-refractivity contribution in [3.63, 3.8) is 0 Å². The minimum absolute atomic E-state index is 0.276. The third-order valence-corrected chi connectivity index (χ3v) is 2.89. The molecule has 2 rings (SSSR count). The first-order chi connectivity index (χ1) is 8.49. The summed E-state index contributed by atoms with van der Waals surface area (Å²) in [5.41, 5.74) is 7.79. The summed E-state index contributed by atoms with van der Waals surface area (Å²) >= 11 is 5.87. The summed E-state index contributed by atoms with van der Waals surface area (Å²) in [5, 5.41) is 7.26. The van der Waals surface area contributed by atoms with Crippen molar-refractivity contribution in [3.8, 4) is 0 Å². The van der Waals surface area contributed by atoms with E-state index in [-0.39, 0.29) is 11.6 Å². The van der Waals surface area contributed by atoms with Crippen molar-refractivity contribution in [2.45, 2.75) is 6.92 Å². The standard InChI is InChI=1S/C12H13ClN4O/c1-7-10(6-17(2)16-7)15-12(18)8-4-3-5-9(13)11(8)14/h3-6H,14H2,1-2H3,(H,15,18). The Morgan fingerprint density at radius 1 is 1.50 bits per heavy atom. The average Bonchev–Trinajstić information content (AvgIpc) is 2.61. The number of nitrogens with two attached hydrogens (primary N) is 1. The lowest BCUT2D eigenvalue weighted by Crippen LogP contribution is -2.14. The number of para-hydroxylation sites is 1. The van der Waals surface area contributed by atoms with Gasteiger partial charge in [-0.25, -0.2) is 0 Å². The van der Waals surface area contributed by atoms with Crippen LogP contribution in [0.1, 0.15) is 16.1 Å². The van der Waals surface area contributed by atoms with Gasteiger partial charge in [0.15, 0.2) is 0 Å². The van der Waals surface area contributed by atoms with Gasteiger partial charge in [0.1, 0.15) is 0 Å². The van der Waals surface area contributed by atoms with Crippen molar-refractivity contribution < 1.29 is 4.79 Å². The highest BCUT2D eigenvalue weighted by Crippen LogP contribution is 2.23. The van der Waals surface area contributed by atoms with Gasteiger partial charge < -0.3 is 11.1 Å². The van der Waals surface area contributed by atoms with E-state index in [1.807, 2.05) is 6.92 Å². The quantitative estimate of drug-likeness (QED) is 0.817. The fourth-order valence-electron chi connectivity index (χ4n) is 1.65. The van der Waals surface area contributed by atoms with Crippen LogP contribution in [0.3, 0.4) is 0 Å². The van der Waals surface area contributed by atoms with Crippen LogP contribution in [-0.4, -0.2) is 15.7 Å². The summed E-state index contributed by atoms with van der Waals surface area (Å²) < 4.78 is 1.63. The van der Waals surface area contributed by atoms with Gasteiger partial charge in [-0.2, -0.15) is 5.10 Å². The monoisotopic (exact) mass is 264 g/mol. The first-order valence-electron chi connectivity index (χ1n) is 5.34. The van der Waals surface area contributed by atoms with Crippen molar-refractivity contribution in [1.82, 2.24) is 9.78 Å². The molecule has 1 amide bonds. The largest absolute Gasteiger partial charge is 0.397 e. The molecule has 1 aromatic heterocycles. The zero-order chi connectivity index (χ0) is 13.3. The summed E-state index contributed by atoms with van der Waals surface area (Å²) in [6.07, 6.45) is 1.73. The molecule has 0 saturated heterocycles. The van der Waals surface area contributed by atoms with Crippen LogP contribution in [0.15, 0.2) is 24.4 Å². The fraction of sp³-hybridized carbons (Fsp3) is 0.167. The highest BCUT2D eigenvalue weighted by Gasteiger charge is 2.13. The molecule has 6 heteroatoms. The average molecular weight is 265 g/mol. The van der Waals surface area contributed by atoms with E-state index in [4.69, 9.17) is 17.3 Å². The minimum Gasteiger partial charge on any atom is -0.397 e. The van der Waals surface area contributed by atoms with Crippen molar-refractivity contribution in [1.29, 1.82) is 0 Å². The predicted octanol–water partition coefficient (Wildman–Crippen LogP) is 2.22. The van der Waals surface area contributed by atoms with Crippen LogP contribution in [0, 0.1) is 6.92 Å². The molecule has 0 radical (unpaired) electrons. The number of benzene rings is 1. The van der Waals surface area contributed by atoms with E-state index >= 15 is 0 Å². The highest BCUT2D eigenvalue weighted by molar-refractivity contribution is 6.34. The van der Waals surface area contributed by atoms with Crippen molar-refractivity contribution in [3.05, 3.63) is 40.7 Å². The summed E-state index contributed by atoms with van der Waals surface area (Å²) in [7, 11) is 1.79. The van der Waals surface area contributed by atoms with Gasteiger partial charge in [0.05, 0.1) is 27.7 Å². The zero-order valence-corrected chi connectivity index (χ0v) is 10.8. The van der Waals surface area contributed by atoms with Crippen LogP contribution < -0.4 is 11.1 Å². The Kier molecular flexibility index (Phi) is 3.25. The van der Waals surface area contributed by atoms with Gasteiger partial charge in [-0.1, -0.05) is 17.7 Å². The molecule has 0 aliphatic carbocycles. The Hall–Kier alpha value is -2.01. The number of amides is 1. The molecule has 0 aliphatic heterocycles. The van der Waals surface area contributed by atoms with Crippen molar-refractivity contribution in [2.24, 2.45) is 7.05 Å². The molecule has 3 N–H and O–H groups in total. The molecule has 5 nitrogen and oxygen atoms in total. The SMILES string of the molecule is Cc1nn(C)cc1NC(=O)c1cccc(Cl)c1N. The fourth-order valence-corrected chi connectivity index (χ4v) is 1.82. The second kappa shape index (κ2) is 4.70. The number of nitrogens with one attached hydrogen (secondary N) is 1. The molecule has 0 atom stereocenters. The maximum Gasteiger partial charge on any atom is 0.257 e. The van der Waals surface area contributed by atoms with Gasteiger partial charge in [0, 0.05) is 13.2 Å². The summed E-state index contributed by atoms with van der Waals surface area (Å²) in [5.74, 6) is -0.300. The Labute approximate surface area is 110 Å². The lowest BCUT2D eigenvalue weighted by molar-refractivity contribution is 0.102. The second-order valence-electron chi connectivity index (χ2n) is 3.96. The number of aryl methyl sites for hydroxylation is 2. The van der Waals surface area contributed by atoms with E-state index in [9.17, 15) is 4.79 Å². The number of carbonyl (C=O) groups is 1. The summed E-state index contributed by atoms with van der Waals surface area (Å²) in [6.45, 7) is 1.82. The summed E-state index contributed by atoms with van der Waals surface area (Å²) in [4.78, 5) is 12.1. The van der Waals surface area contributed by atoms with Gasteiger partial charge in [-0.3, -0.25) is 9.48 Å². The van der Waals surface area contributed by atoms with Crippen LogP contribution >= 0.6 is 11.6 Å². The van der Waals surface area contributed by atoms with Crippen molar-refractivity contribution in [2.75, 3.05) is 11.1 Å². The summed E-state index contributed by atoms with van der Waals surface area (Å²) in [6, 6.07) is 4.95. The zero-order valence-electron chi connectivity index (χ0n) is 10.1. The Bertz CT molecular complexity index is 606. The van der Waals surface area contributed by atoms with Crippen LogP contribution in [0.25, 0.3) is 0 Å². The Morgan fingerprint density at radius 2 is 2.22 bits per heavy atom. The smallest absolute Gasteiger partial charge is 0.257 e. The molecule has 1 aromatic carbocycles. The van der Waals surface area contributed by atoms with E-state index < -0.39 is 0 Å². The first-order valence-corrected chi connectivity index (χ1v) is 5.72. The number of nitrogens with zero attached hydrogens (tertiary/aromatic N) is 2. The number of rotatable bonds is 2. The number of hydrogen-bond acceptors (Lipinski definition) is 3. The molecule has 94 valence electrons. The van der Waals surface area contributed by atoms with Crippen molar-refractivity contribution >= 4 is 28.9 Å². The maximum atomic E-state index is 12.1. The Balaban J connectivity index is 2.27. The number of aromatic nitrogens is 2. The number of hydrogen-bond donors (Lipinski definition) is 2. The second-order valence-corrected chi connectivity index (χ2v) is 4.36. The molecular formula is C12H13ClN4O. The molecule has 2 aromatic rings. The lowest BCUT2D eigenvalue weighted by atomic mass is 10.1. The van der Waals surface area contributed by atoms with Crippen LogP contribution in [0.4, 0.5) is 11.4 Å². The molecular weight excluding hydrogens is 252 g/mol. The molecule has 0 bridgehead atoms. The topological polar surface area (TPSA) is 72.9 Å². The molecule has 0 unspecified atom stereocenters. The maximum absolute atomic E-state index is 12.1. The van der Waals surface area contributed by atoms with E-state index in [0.29, 0.717) is 16.3 Å². The van der Waals surface area contributed by atoms with E-state index in [0.717, 1.165) is 5.69 Å². The molecule has 18 heavy (non-hydrogen) atoms. The number of carbonyl (C=O) groups excluding carboxylic acids is 1. The lowest BCUT2D eigenvalue weighted by Gasteiger charge is -2.07. The molecule has 0 spiro atoms. The van der Waals surface area contributed by atoms with Gasteiger partial charge in [0.2, 0.25) is 0 Å². The van der Waals surface area contributed by atoms with Crippen LogP contribution in [-0.2, 0) is 7.05 Å². The highest BCUT2D eigenvalue weighted by atomic mass is 35.5. The third kappa shape index (κ3) is 2.31. The van der Waals surface area contributed by atoms with Gasteiger partial charge in [-0.15, -0.1) is 0 Å². The third-order valence-electron chi connectivity index (χ3n) is 2.56. The van der Waals surface area contributed by atoms with E-state index in [1.165, 1.54) is 0 Å². The van der Waals surface area contributed by atoms with Gasteiger partial charge in [0.25, 0.3) is 5.91 Å². The van der Waals surface area contributed by atoms with Gasteiger partial charge in [-0.05, 0) is 19.1 Å².